The molecule has 2 aromatic rings. The van der Waals surface area contributed by atoms with Crippen LogP contribution < -0.4 is 0 Å². The lowest BCUT2D eigenvalue weighted by Gasteiger charge is -2.37. The fourth-order valence-corrected chi connectivity index (χ4v) is 6.55. The first kappa shape index (κ1) is 23.9. The van der Waals surface area contributed by atoms with E-state index >= 15 is 0 Å². The van der Waals surface area contributed by atoms with E-state index in [9.17, 15) is 0 Å². The highest BCUT2D eigenvalue weighted by Gasteiger charge is 2.55. The Hall–Kier alpha value is -0.223. The van der Waals surface area contributed by atoms with Gasteiger partial charge in [0.15, 0.2) is 14.1 Å². The van der Waals surface area contributed by atoms with Crippen LogP contribution in [-0.2, 0) is 13.9 Å². The van der Waals surface area contributed by atoms with Crippen molar-refractivity contribution < 1.29 is 13.9 Å². The second kappa shape index (κ2) is 7.93. The summed E-state index contributed by atoms with van der Waals surface area (Å²) in [6, 6.07) is 0.0237. The predicted molar refractivity (Wildman–Crippen MR) is 129 cm³/mol. The zero-order valence-electron chi connectivity index (χ0n) is 19.0. The van der Waals surface area contributed by atoms with Gasteiger partial charge in [-0.1, -0.05) is 32.4 Å². The van der Waals surface area contributed by atoms with E-state index in [0.717, 1.165) is 16.3 Å². The van der Waals surface area contributed by atoms with E-state index in [-0.39, 0.29) is 34.5 Å². The van der Waals surface area contributed by atoms with Crippen molar-refractivity contribution in [2.45, 2.75) is 83.2 Å². The van der Waals surface area contributed by atoms with Crippen LogP contribution in [0.25, 0.3) is 11.0 Å². The number of halogens is 3. The molecule has 0 N–H and O–H groups in total. The highest BCUT2D eigenvalue weighted by molar-refractivity contribution is 9.10. The molecule has 2 aromatic heterocycles. The lowest BCUT2D eigenvalue weighted by molar-refractivity contribution is -0.161. The second-order valence-electron chi connectivity index (χ2n) is 10.6. The van der Waals surface area contributed by atoms with Crippen LogP contribution in [0.5, 0.6) is 0 Å². The van der Waals surface area contributed by atoms with Crippen LogP contribution in [-0.4, -0.2) is 47.5 Å². The van der Waals surface area contributed by atoms with Crippen molar-refractivity contribution in [1.82, 2.24) is 14.5 Å². The van der Waals surface area contributed by atoms with Gasteiger partial charge in [-0.25, -0.2) is 4.98 Å². The summed E-state index contributed by atoms with van der Waals surface area (Å²) >= 11 is 16.1. The molecule has 0 radical (unpaired) electrons. The van der Waals surface area contributed by atoms with E-state index in [1.165, 1.54) is 0 Å². The van der Waals surface area contributed by atoms with Crippen LogP contribution in [0.3, 0.4) is 0 Å². The Morgan fingerprint density at radius 3 is 2.52 bits per heavy atom. The van der Waals surface area contributed by atoms with E-state index < -0.39 is 14.1 Å². The van der Waals surface area contributed by atoms with Crippen molar-refractivity contribution in [1.29, 1.82) is 0 Å². The molecule has 2 aliphatic rings. The van der Waals surface area contributed by atoms with E-state index in [4.69, 9.17) is 37.1 Å². The molecular weight excluding hydrogens is 521 g/mol. The number of aromatic nitrogens is 3. The summed E-state index contributed by atoms with van der Waals surface area (Å²) in [7, 11) is -1.87. The summed E-state index contributed by atoms with van der Waals surface area (Å²) in [5.74, 6) is -0.428. The molecule has 1 aliphatic heterocycles. The van der Waals surface area contributed by atoms with Crippen molar-refractivity contribution in [3.05, 3.63) is 21.1 Å². The number of ether oxygens (including phenoxy) is 2. The molecule has 3 heterocycles. The van der Waals surface area contributed by atoms with Gasteiger partial charge < -0.3 is 18.5 Å². The third-order valence-electron chi connectivity index (χ3n) is 6.93. The predicted octanol–water partition coefficient (Wildman–Crippen LogP) is 6.60. The summed E-state index contributed by atoms with van der Waals surface area (Å²) in [5, 5.41) is 1.36. The number of rotatable bonds is 4. The molecule has 6 nitrogen and oxygen atoms in total. The summed E-state index contributed by atoms with van der Waals surface area (Å²) in [6.07, 6.45) is 2.69. The van der Waals surface area contributed by atoms with Gasteiger partial charge in [-0.05, 0) is 65.9 Å². The largest absolute Gasteiger partial charge is 0.416 e. The second-order valence-corrected chi connectivity index (χ2v) is 16.9. The molecule has 0 amide bonds. The van der Waals surface area contributed by atoms with Gasteiger partial charge in [0.05, 0.1) is 17.5 Å². The highest BCUT2D eigenvalue weighted by Crippen LogP contribution is 2.49. The van der Waals surface area contributed by atoms with Crippen molar-refractivity contribution >= 4 is 58.5 Å². The Kier molecular flexibility index (Phi) is 6.12. The monoisotopic (exact) mass is 549 g/mol. The van der Waals surface area contributed by atoms with E-state index in [1.54, 1.807) is 0 Å². The lowest BCUT2D eigenvalue weighted by Crippen LogP contribution is -2.43. The molecule has 1 saturated heterocycles. The van der Waals surface area contributed by atoms with Crippen LogP contribution >= 0.6 is 39.1 Å². The van der Waals surface area contributed by atoms with Gasteiger partial charge in [0.25, 0.3) is 0 Å². The quantitative estimate of drug-likeness (QED) is 0.244. The maximum atomic E-state index is 6.59. The zero-order valence-corrected chi connectivity index (χ0v) is 23.1. The van der Waals surface area contributed by atoms with Crippen molar-refractivity contribution in [2.75, 3.05) is 6.61 Å². The molecular formula is C21H30BrCl2N3O3Si. The summed E-state index contributed by atoms with van der Waals surface area (Å²) in [6.45, 7) is 15.9. The molecule has 2 fully saturated rings. The average Bonchev–Trinajstić information content (AvgIpc) is 3.20. The Morgan fingerprint density at radius 1 is 1.23 bits per heavy atom. The Labute approximate surface area is 203 Å². The summed E-state index contributed by atoms with van der Waals surface area (Å²) in [4.78, 5) is 8.57. The van der Waals surface area contributed by atoms with Gasteiger partial charge in [-0.15, -0.1) is 0 Å². The standard InChI is InChI=1S/C21H30BrCl2N3O3Si/c1-20(2,3)31(6,7)28-10-11-8-13(16-15(11)29-21(4,5)30-16)27-9-12(22)14-17(23)25-19(24)26-18(14)27/h9,11,13,15-16H,8,10H2,1-7H3/t11-,13-,15-,16+/m1/s1. The number of hydrogen-bond donors (Lipinski definition) is 0. The molecule has 1 saturated carbocycles. The third kappa shape index (κ3) is 4.34. The number of hydrogen-bond acceptors (Lipinski definition) is 5. The first-order chi connectivity index (χ1) is 14.2. The van der Waals surface area contributed by atoms with Gasteiger partial charge in [-0.3, -0.25) is 0 Å². The first-order valence-corrected chi connectivity index (χ1v) is 15.0. The first-order valence-electron chi connectivity index (χ1n) is 10.6. The van der Waals surface area contributed by atoms with Crippen molar-refractivity contribution in [3.63, 3.8) is 0 Å². The summed E-state index contributed by atoms with van der Waals surface area (Å²) in [5.41, 5.74) is 0.694. The van der Waals surface area contributed by atoms with E-state index in [2.05, 4.69) is 64.3 Å². The average molecular weight is 551 g/mol. The van der Waals surface area contributed by atoms with Crippen molar-refractivity contribution in [3.8, 4) is 0 Å². The molecule has 0 unspecified atom stereocenters. The normalized spacial score (nSPS) is 28.5. The molecule has 172 valence electrons. The van der Waals surface area contributed by atoms with E-state index in [0.29, 0.717) is 17.4 Å². The third-order valence-corrected chi connectivity index (χ3v) is 12.5. The fourth-order valence-electron chi connectivity index (χ4n) is 4.31. The van der Waals surface area contributed by atoms with Crippen LogP contribution in [0, 0.1) is 5.92 Å². The smallest absolute Gasteiger partial charge is 0.225 e. The van der Waals surface area contributed by atoms with Gasteiger partial charge in [0.1, 0.15) is 16.9 Å². The maximum absolute atomic E-state index is 6.59. The van der Waals surface area contributed by atoms with Crippen LogP contribution in [0.1, 0.15) is 47.1 Å². The molecule has 10 heteroatoms. The van der Waals surface area contributed by atoms with E-state index in [1.807, 2.05) is 20.0 Å². The molecule has 0 bridgehead atoms. The van der Waals surface area contributed by atoms with Crippen LogP contribution in [0.4, 0.5) is 0 Å². The topological polar surface area (TPSA) is 58.4 Å². The fraction of sp³-hybridized carbons (Fsp3) is 0.714. The molecule has 0 spiro atoms. The maximum Gasteiger partial charge on any atom is 0.225 e. The molecule has 0 aromatic carbocycles. The Balaban J connectivity index is 1.68. The molecule has 4 rings (SSSR count). The van der Waals surface area contributed by atoms with Gasteiger partial charge in [0, 0.05) is 23.2 Å². The minimum Gasteiger partial charge on any atom is -0.416 e. The minimum absolute atomic E-state index is 0.0237. The van der Waals surface area contributed by atoms with Gasteiger partial charge in [0.2, 0.25) is 5.28 Å². The zero-order chi connectivity index (χ0) is 22.9. The number of fused-ring (bicyclic) bond motifs is 2. The van der Waals surface area contributed by atoms with Gasteiger partial charge in [-0.2, -0.15) is 4.98 Å². The SMILES string of the molecule is CC1(C)O[C@@H]2[C@@H](CO[Si](C)(C)C(C)(C)C)C[C@@H](n3cc(Br)c4c(Cl)nc(Cl)nc43)[C@@H]2O1. The van der Waals surface area contributed by atoms with Crippen LogP contribution in [0.15, 0.2) is 10.7 Å². The molecule has 31 heavy (non-hydrogen) atoms. The van der Waals surface area contributed by atoms with Crippen LogP contribution in [0.2, 0.25) is 28.6 Å². The van der Waals surface area contributed by atoms with Crippen molar-refractivity contribution in [2.24, 2.45) is 5.92 Å². The minimum atomic E-state index is -1.87. The van der Waals surface area contributed by atoms with Gasteiger partial charge >= 0.3 is 0 Å². The summed E-state index contributed by atoms with van der Waals surface area (Å²) < 4.78 is 22.3. The number of nitrogens with zero attached hydrogens (tertiary/aromatic N) is 3. The lowest BCUT2D eigenvalue weighted by atomic mass is 10.1. The Bertz CT molecular complexity index is 1010. The Morgan fingerprint density at radius 2 is 1.87 bits per heavy atom. The molecule has 4 atom stereocenters. The molecule has 1 aliphatic carbocycles. The highest BCUT2D eigenvalue weighted by atomic mass is 79.9.